The van der Waals surface area contributed by atoms with Gasteiger partial charge in [0.2, 0.25) is 0 Å². The molecule has 1 aromatic carbocycles. The van der Waals surface area contributed by atoms with Crippen molar-refractivity contribution in [2.24, 2.45) is 5.73 Å². The third-order valence-corrected chi connectivity index (χ3v) is 4.08. The summed E-state index contributed by atoms with van der Waals surface area (Å²) in [6, 6.07) is 5.92. The molecule has 16 heavy (non-hydrogen) atoms. The highest BCUT2D eigenvalue weighted by Crippen LogP contribution is 2.21. The molecule has 0 aliphatic heterocycles. The van der Waals surface area contributed by atoms with Gasteiger partial charge in [-0.3, -0.25) is 0 Å². The molecule has 3 N–H and O–H groups in total. The Balaban J connectivity index is 2.70. The predicted octanol–water partition coefficient (Wildman–Crippen LogP) is 3.25. The number of hydrogen-bond acceptors (Lipinski definition) is 3. The molecule has 0 aliphatic rings. The van der Waals surface area contributed by atoms with E-state index >= 15 is 0 Å². The molecule has 0 spiro atoms. The maximum atomic E-state index is 5.59. The Kier molecular flexibility index (Phi) is 5.58. The molecule has 5 heteroatoms. The van der Waals surface area contributed by atoms with E-state index in [0.717, 1.165) is 22.3 Å². The molecule has 0 aliphatic carbocycles. The molecular weight excluding hydrogens is 304 g/mol. The molecule has 0 saturated carbocycles. The molecule has 0 radical (unpaired) electrons. The fourth-order valence-corrected chi connectivity index (χ4v) is 2.32. The van der Waals surface area contributed by atoms with Gasteiger partial charge in [0.15, 0.2) is 0 Å². The molecule has 0 amide bonds. The SMILES string of the molecule is CSC(C)CNc1ccc(C(N)=S)c(Br)c1. The predicted molar refractivity (Wildman–Crippen MR) is 81.5 cm³/mol. The molecule has 0 fully saturated rings. The van der Waals surface area contributed by atoms with Crippen LogP contribution in [-0.2, 0) is 0 Å². The van der Waals surface area contributed by atoms with Gasteiger partial charge in [-0.1, -0.05) is 19.1 Å². The summed E-state index contributed by atoms with van der Waals surface area (Å²) < 4.78 is 0.932. The van der Waals surface area contributed by atoms with Crippen LogP contribution in [0.2, 0.25) is 0 Å². The molecule has 1 aromatic rings. The Morgan fingerprint density at radius 1 is 1.62 bits per heavy atom. The van der Waals surface area contributed by atoms with E-state index in [2.05, 4.69) is 34.4 Å². The second-order valence-corrected chi connectivity index (χ2v) is 6.06. The summed E-state index contributed by atoms with van der Waals surface area (Å²) in [5.74, 6) is 0. The van der Waals surface area contributed by atoms with Crippen molar-refractivity contribution >= 4 is 50.6 Å². The van der Waals surface area contributed by atoms with Crippen molar-refractivity contribution in [3.8, 4) is 0 Å². The number of thioether (sulfide) groups is 1. The van der Waals surface area contributed by atoms with Crippen molar-refractivity contribution in [2.45, 2.75) is 12.2 Å². The van der Waals surface area contributed by atoms with Gasteiger partial charge in [-0.15, -0.1) is 0 Å². The minimum Gasteiger partial charge on any atom is -0.389 e. The lowest BCUT2D eigenvalue weighted by Gasteiger charge is -2.12. The summed E-state index contributed by atoms with van der Waals surface area (Å²) in [6.07, 6.45) is 2.11. The Hall–Kier alpha value is -0.260. The Labute approximate surface area is 114 Å². The van der Waals surface area contributed by atoms with Crippen molar-refractivity contribution in [2.75, 3.05) is 18.1 Å². The summed E-state index contributed by atoms with van der Waals surface area (Å²) in [4.78, 5) is 0.413. The molecule has 88 valence electrons. The minimum absolute atomic E-state index is 0.413. The van der Waals surface area contributed by atoms with Crippen LogP contribution in [0.4, 0.5) is 5.69 Å². The lowest BCUT2D eigenvalue weighted by molar-refractivity contribution is 1.00. The number of anilines is 1. The number of nitrogens with one attached hydrogen (secondary N) is 1. The Bertz CT molecular complexity index is 382. The highest BCUT2D eigenvalue weighted by Gasteiger charge is 2.04. The van der Waals surface area contributed by atoms with Crippen LogP contribution in [-0.4, -0.2) is 23.0 Å². The van der Waals surface area contributed by atoms with Crippen LogP contribution < -0.4 is 11.1 Å². The van der Waals surface area contributed by atoms with Crippen LogP contribution in [0.15, 0.2) is 22.7 Å². The van der Waals surface area contributed by atoms with Crippen LogP contribution in [0.1, 0.15) is 12.5 Å². The second-order valence-electron chi connectivity index (χ2n) is 3.49. The van der Waals surface area contributed by atoms with E-state index in [1.807, 2.05) is 30.0 Å². The first-order valence-electron chi connectivity index (χ1n) is 4.90. The molecule has 0 bridgehead atoms. The summed E-state index contributed by atoms with van der Waals surface area (Å²) in [7, 11) is 0. The normalized spacial score (nSPS) is 12.2. The first kappa shape index (κ1) is 13.8. The fourth-order valence-electron chi connectivity index (χ4n) is 1.17. The van der Waals surface area contributed by atoms with Gasteiger partial charge in [0, 0.05) is 27.5 Å². The number of thiocarbonyl (C=S) groups is 1. The first-order valence-corrected chi connectivity index (χ1v) is 7.39. The van der Waals surface area contributed by atoms with Gasteiger partial charge in [-0.05, 0) is 40.4 Å². The third kappa shape index (κ3) is 3.96. The topological polar surface area (TPSA) is 38.0 Å². The lowest BCUT2D eigenvalue weighted by atomic mass is 10.2. The zero-order valence-electron chi connectivity index (χ0n) is 9.29. The molecular formula is C11H15BrN2S2. The quantitative estimate of drug-likeness (QED) is 0.817. The van der Waals surface area contributed by atoms with Gasteiger partial charge in [0.05, 0.1) is 0 Å². The monoisotopic (exact) mass is 318 g/mol. The van der Waals surface area contributed by atoms with Crippen LogP contribution in [0.5, 0.6) is 0 Å². The van der Waals surface area contributed by atoms with Crippen LogP contribution in [0, 0.1) is 0 Å². The maximum absolute atomic E-state index is 5.59. The van der Waals surface area contributed by atoms with Crippen molar-refractivity contribution in [1.82, 2.24) is 0 Å². The van der Waals surface area contributed by atoms with Crippen molar-refractivity contribution in [1.29, 1.82) is 0 Å². The van der Waals surface area contributed by atoms with E-state index in [1.165, 1.54) is 0 Å². The lowest BCUT2D eigenvalue weighted by Crippen LogP contribution is -2.13. The maximum Gasteiger partial charge on any atom is 0.105 e. The Morgan fingerprint density at radius 3 is 2.81 bits per heavy atom. The van der Waals surface area contributed by atoms with E-state index < -0.39 is 0 Å². The highest BCUT2D eigenvalue weighted by molar-refractivity contribution is 9.10. The van der Waals surface area contributed by atoms with Gasteiger partial charge in [-0.25, -0.2) is 0 Å². The second kappa shape index (κ2) is 6.47. The first-order chi connectivity index (χ1) is 7.54. The summed E-state index contributed by atoms with van der Waals surface area (Å²) in [5, 5.41) is 3.96. The third-order valence-electron chi connectivity index (χ3n) is 2.23. The van der Waals surface area contributed by atoms with Gasteiger partial charge in [0.1, 0.15) is 4.99 Å². The van der Waals surface area contributed by atoms with Gasteiger partial charge >= 0.3 is 0 Å². The van der Waals surface area contributed by atoms with E-state index in [4.69, 9.17) is 18.0 Å². The molecule has 2 nitrogen and oxygen atoms in total. The van der Waals surface area contributed by atoms with E-state index in [9.17, 15) is 0 Å². The number of halogens is 1. The van der Waals surface area contributed by atoms with Crippen molar-refractivity contribution in [3.05, 3.63) is 28.2 Å². The van der Waals surface area contributed by atoms with Crippen molar-refractivity contribution < 1.29 is 0 Å². The average Bonchev–Trinajstić information content (AvgIpc) is 2.25. The summed E-state index contributed by atoms with van der Waals surface area (Å²) in [5.41, 5.74) is 7.54. The largest absolute Gasteiger partial charge is 0.389 e. The Morgan fingerprint density at radius 2 is 2.31 bits per heavy atom. The summed E-state index contributed by atoms with van der Waals surface area (Å²) >= 11 is 10.2. The van der Waals surface area contributed by atoms with E-state index in [1.54, 1.807) is 0 Å². The number of benzene rings is 1. The van der Waals surface area contributed by atoms with Gasteiger partial charge in [-0.2, -0.15) is 11.8 Å². The minimum atomic E-state index is 0.413. The van der Waals surface area contributed by atoms with Crippen LogP contribution in [0.25, 0.3) is 0 Å². The summed E-state index contributed by atoms with van der Waals surface area (Å²) in [6.45, 7) is 3.14. The van der Waals surface area contributed by atoms with Crippen molar-refractivity contribution in [3.63, 3.8) is 0 Å². The number of rotatable bonds is 5. The fraction of sp³-hybridized carbons (Fsp3) is 0.364. The molecule has 0 saturated heterocycles. The van der Waals surface area contributed by atoms with E-state index in [0.29, 0.717) is 10.2 Å². The molecule has 1 rings (SSSR count). The molecule has 0 aromatic heterocycles. The zero-order valence-corrected chi connectivity index (χ0v) is 12.5. The molecule has 1 unspecified atom stereocenters. The highest BCUT2D eigenvalue weighted by atomic mass is 79.9. The molecule has 0 heterocycles. The number of nitrogens with two attached hydrogens (primary N) is 1. The average molecular weight is 319 g/mol. The zero-order chi connectivity index (χ0) is 12.1. The molecule has 1 atom stereocenters. The van der Waals surface area contributed by atoms with E-state index in [-0.39, 0.29) is 0 Å². The van der Waals surface area contributed by atoms with Crippen LogP contribution >= 0.6 is 39.9 Å². The van der Waals surface area contributed by atoms with Gasteiger partial charge in [0.25, 0.3) is 0 Å². The van der Waals surface area contributed by atoms with Crippen LogP contribution in [0.3, 0.4) is 0 Å². The standard InChI is InChI=1S/C11H15BrN2S2/c1-7(16-2)6-14-8-3-4-9(11(13)15)10(12)5-8/h3-5,7,14H,6H2,1-2H3,(H2,13,15). The number of hydrogen-bond donors (Lipinski definition) is 2. The van der Waals surface area contributed by atoms with Gasteiger partial charge < -0.3 is 11.1 Å². The smallest absolute Gasteiger partial charge is 0.105 e.